The van der Waals surface area contributed by atoms with Gasteiger partial charge in [0.05, 0.1) is 7.11 Å². The number of benzene rings is 1. The van der Waals surface area contributed by atoms with Crippen LogP contribution in [0.5, 0.6) is 5.75 Å². The zero-order valence-electron chi connectivity index (χ0n) is 9.70. The van der Waals surface area contributed by atoms with Crippen LogP contribution in [-0.2, 0) is 12.8 Å². The molecule has 0 spiro atoms. The lowest BCUT2D eigenvalue weighted by molar-refractivity contribution is 0.275. The number of hydrogen-bond acceptors (Lipinski definition) is 3. The molecule has 1 aliphatic carbocycles. The van der Waals surface area contributed by atoms with Gasteiger partial charge in [-0.15, -0.1) is 0 Å². The van der Waals surface area contributed by atoms with E-state index in [-0.39, 0.29) is 12.6 Å². The van der Waals surface area contributed by atoms with Crippen molar-refractivity contribution in [1.29, 1.82) is 0 Å². The predicted molar refractivity (Wildman–Crippen MR) is 63.7 cm³/mol. The molecule has 0 fully saturated rings. The Kier molecular flexibility index (Phi) is 3.46. The van der Waals surface area contributed by atoms with E-state index in [0.717, 1.165) is 24.2 Å². The van der Waals surface area contributed by atoms with Gasteiger partial charge in [-0.3, -0.25) is 0 Å². The summed E-state index contributed by atoms with van der Waals surface area (Å²) in [6, 6.07) is 4.13. The summed E-state index contributed by atoms with van der Waals surface area (Å²) in [5.74, 6) is 0.863. The minimum Gasteiger partial charge on any atom is -0.496 e. The Morgan fingerprint density at radius 2 is 2.06 bits per heavy atom. The number of aryl methyl sites for hydroxylation is 2. The van der Waals surface area contributed by atoms with E-state index in [1.165, 1.54) is 17.5 Å². The Morgan fingerprint density at radius 1 is 1.38 bits per heavy atom. The summed E-state index contributed by atoms with van der Waals surface area (Å²) in [4.78, 5) is 0. The van der Waals surface area contributed by atoms with Gasteiger partial charge in [-0.25, -0.2) is 0 Å². The van der Waals surface area contributed by atoms with E-state index in [1.54, 1.807) is 7.11 Å². The van der Waals surface area contributed by atoms with Crippen molar-refractivity contribution in [3.05, 3.63) is 28.8 Å². The molecule has 0 bridgehead atoms. The number of rotatable bonds is 4. The number of aliphatic hydroxyl groups excluding tert-OH is 1. The molecule has 3 nitrogen and oxygen atoms in total. The fraction of sp³-hybridized carbons (Fsp3) is 0.538. The van der Waals surface area contributed by atoms with Gasteiger partial charge < -0.3 is 15.6 Å². The maximum Gasteiger partial charge on any atom is 0.123 e. The average molecular weight is 221 g/mol. The Labute approximate surface area is 96.2 Å². The highest BCUT2D eigenvalue weighted by molar-refractivity contribution is 5.46. The second kappa shape index (κ2) is 4.85. The summed E-state index contributed by atoms with van der Waals surface area (Å²) in [6.07, 6.45) is 4.08. The molecule has 1 atom stereocenters. The Morgan fingerprint density at radius 3 is 2.69 bits per heavy atom. The zero-order valence-corrected chi connectivity index (χ0v) is 9.70. The predicted octanol–water partition coefficient (Wildman–Crippen LogP) is 1.57. The Hall–Kier alpha value is -1.06. The van der Waals surface area contributed by atoms with Crippen molar-refractivity contribution in [2.24, 2.45) is 5.73 Å². The van der Waals surface area contributed by atoms with Crippen molar-refractivity contribution >= 4 is 0 Å². The van der Waals surface area contributed by atoms with Crippen molar-refractivity contribution in [2.75, 3.05) is 13.7 Å². The monoisotopic (exact) mass is 221 g/mol. The quantitative estimate of drug-likeness (QED) is 0.811. The molecular weight excluding hydrogens is 202 g/mol. The van der Waals surface area contributed by atoms with Gasteiger partial charge in [0.2, 0.25) is 0 Å². The number of methoxy groups -OCH3 is 1. The van der Waals surface area contributed by atoms with Gasteiger partial charge in [0.1, 0.15) is 5.75 Å². The third-order valence-corrected chi connectivity index (χ3v) is 3.28. The number of ether oxygens (including phenoxy) is 1. The first-order valence-electron chi connectivity index (χ1n) is 5.82. The van der Waals surface area contributed by atoms with Crippen LogP contribution < -0.4 is 10.5 Å². The first-order chi connectivity index (χ1) is 7.76. The number of hydrogen-bond donors (Lipinski definition) is 2. The molecule has 0 saturated heterocycles. The van der Waals surface area contributed by atoms with Crippen LogP contribution in [0.3, 0.4) is 0 Å². The average Bonchev–Trinajstić information content (AvgIpc) is 2.74. The van der Waals surface area contributed by atoms with E-state index in [1.807, 2.05) is 0 Å². The third-order valence-electron chi connectivity index (χ3n) is 3.28. The van der Waals surface area contributed by atoms with Gasteiger partial charge in [0.15, 0.2) is 0 Å². The van der Waals surface area contributed by atoms with E-state index in [9.17, 15) is 0 Å². The lowest BCUT2D eigenvalue weighted by atomic mass is 9.98. The first kappa shape index (κ1) is 11.4. The lowest BCUT2D eigenvalue weighted by Gasteiger charge is -2.16. The standard InChI is InChI=1S/C13H19NO2/c1-16-13-8-10-4-2-3-9(10)7-11(13)12(14)5-6-15/h7-8,12,15H,2-6,14H2,1H3. The number of aliphatic hydroxyl groups is 1. The summed E-state index contributed by atoms with van der Waals surface area (Å²) >= 11 is 0. The molecule has 3 N–H and O–H groups in total. The van der Waals surface area contributed by atoms with Crippen LogP contribution in [0, 0.1) is 0 Å². The fourth-order valence-electron chi connectivity index (χ4n) is 2.38. The SMILES string of the molecule is COc1cc2c(cc1C(N)CCO)CCC2. The molecule has 3 heteroatoms. The highest BCUT2D eigenvalue weighted by Crippen LogP contribution is 2.33. The molecule has 0 radical (unpaired) electrons. The molecular formula is C13H19NO2. The summed E-state index contributed by atoms with van der Waals surface area (Å²) < 4.78 is 5.38. The second-order valence-electron chi connectivity index (χ2n) is 4.34. The van der Waals surface area contributed by atoms with Crippen molar-refractivity contribution in [2.45, 2.75) is 31.7 Å². The topological polar surface area (TPSA) is 55.5 Å². The van der Waals surface area contributed by atoms with E-state index >= 15 is 0 Å². The van der Waals surface area contributed by atoms with Crippen molar-refractivity contribution in [3.8, 4) is 5.75 Å². The maximum absolute atomic E-state index is 8.93. The molecule has 0 heterocycles. The molecule has 0 aliphatic heterocycles. The number of nitrogens with two attached hydrogens (primary N) is 1. The Bertz CT molecular complexity index is 376. The van der Waals surface area contributed by atoms with Crippen molar-refractivity contribution in [1.82, 2.24) is 0 Å². The van der Waals surface area contributed by atoms with Crippen LogP contribution in [0.2, 0.25) is 0 Å². The van der Waals surface area contributed by atoms with E-state index in [0.29, 0.717) is 6.42 Å². The minimum absolute atomic E-state index is 0.113. The van der Waals surface area contributed by atoms with Gasteiger partial charge in [-0.05, 0) is 42.9 Å². The summed E-state index contributed by atoms with van der Waals surface area (Å²) in [7, 11) is 1.67. The van der Waals surface area contributed by atoms with Crippen LogP contribution in [0.15, 0.2) is 12.1 Å². The molecule has 1 aromatic rings. The Balaban J connectivity index is 2.35. The van der Waals surface area contributed by atoms with Gasteiger partial charge in [-0.1, -0.05) is 6.07 Å². The molecule has 1 aromatic carbocycles. The molecule has 0 aromatic heterocycles. The van der Waals surface area contributed by atoms with E-state index in [4.69, 9.17) is 15.6 Å². The second-order valence-corrected chi connectivity index (χ2v) is 4.34. The zero-order chi connectivity index (χ0) is 11.5. The molecule has 0 saturated carbocycles. The molecule has 88 valence electrons. The van der Waals surface area contributed by atoms with Crippen LogP contribution in [0.4, 0.5) is 0 Å². The molecule has 16 heavy (non-hydrogen) atoms. The van der Waals surface area contributed by atoms with Crippen molar-refractivity contribution in [3.63, 3.8) is 0 Å². The van der Waals surface area contributed by atoms with Crippen LogP contribution >= 0.6 is 0 Å². The van der Waals surface area contributed by atoms with Crippen molar-refractivity contribution < 1.29 is 9.84 Å². The van der Waals surface area contributed by atoms with Gasteiger partial charge in [0.25, 0.3) is 0 Å². The van der Waals surface area contributed by atoms with Crippen LogP contribution in [0.25, 0.3) is 0 Å². The summed E-state index contributed by atoms with van der Waals surface area (Å²) in [5.41, 5.74) is 9.84. The summed E-state index contributed by atoms with van der Waals surface area (Å²) in [5, 5.41) is 8.93. The van der Waals surface area contributed by atoms with Gasteiger partial charge >= 0.3 is 0 Å². The van der Waals surface area contributed by atoms with E-state index < -0.39 is 0 Å². The van der Waals surface area contributed by atoms with E-state index in [2.05, 4.69) is 12.1 Å². The highest BCUT2D eigenvalue weighted by Gasteiger charge is 2.18. The normalized spacial score (nSPS) is 15.9. The highest BCUT2D eigenvalue weighted by atomic mass is 16.5. The fourth-order valence-corrected chi connectivity index (χ4v) is 2.38. The first-order valence-corrected chi connectivity index (χ1v) is 5.82. The largest absolute Gasteiger partial charge is 0.496 e. The minimum atomic E-state index is -0.133. The summed E-state index contributed by atoms with van der Waals surface area (Å²) in [6.45, 7) is 0.113. The smallest absolute Gasteiger partial charge is 0.123 e. The molecule has 0 amide bonds. The van der Waals surface area contributed by atoms with Crippen LogP contribution in [-0.4, -0.2) is 18.8 Å². The van der Waals surface area contributed by atoms with Gasteiger partial charge in [0, 0.05) is 18.2 Å². The molecule has 2 rings (SSSR count). The molecule has 1 unspecified atom stereocenters. The molecule has 1 aliphatic rings. The van der Waals surface area contributed by atoms with Gasteiger partial charge in [-0.2, -0.15) is 0 Å². The maximum atomic E-state index is 8.93. The van der Waals surface area contributed by atoms with Crippen LogP contribution in [0.1, 0.15) is 35.6 Å². The number of fused-ring (bicyclic) bond motifs is 1. The lowest BCUT2D eigenvalue weighted by Crippen LogP contribution is -2.13. The third kappa shape index (κ3) is 2.06.